The first kappa shape index (κ1) is 22.9. The van der Waals surface area contributed by atoms with Gasteiger partial charge in [0.1, 0.15) is 5.22 Å². The Morgan fingerprint density at radius 2 is 1.10 bits per heavy atom. The largest absolute Gasteiger partial charge is 0.256 e. The highest BCUT2D eigenvalue weighted by atomic mass is 15.5. The molecule has 0 aliphatic carbocycles. The van der Waals surface area contributed by atoms with Crippen LogP contribution in [0.3, 0.4) is 0 Å². The molecule has 0 atom stereocenters. The smallest absolute Gasteiger partial charge is 0.231 e. The van der Waals surface area contributed by atoms with E-state index < -0.39 is 0 Å². The van der Waals surface area contributed by atoms with Gasteiger partial charge in [-0.1, -0.05) is 97.1 Å². The predicted octanol–water partition coefficient (Wildman–Crippen LogP) is 8.75. The highest BCUT2D eigenvalue weighted by Crippen LogP contribution is 2.31. The molecule has 0 saturated carbocycles. The zero-order chi connectivity index (χ0) is 26.0. The lowest BCUT2D eigenvalue weighted by atomic mass is 9.94. The molecule has 0 radical (unpaired) electrons. The van der Waals surface area contributed by atoms with Crippen LogP contribution in [0.2, 0.25) is 0 Å². The number of aromatic nitrogens is 1. The van der Waals surface area contributed by atoms with Gasteiger partial charge in [0.2, 0.25) is 5.71 Å². The van der Waals surface area contributed by atoms with Gasteiger partial charge in [-0.15, -0.1) is 4.70 Å². The van der Waals surface area contributed by atoms with Crippen molar-refractivity contribution in [2.24, 2.45) is 10.3 Å². The third-order valence-electron chi connectivity index (χ3n) is 7.12. The molecule has 0 amide bonds. The van der Waals surface area contributed by atoms with Crippen LogP contribution in [0.25, 0.3) is 44.3 Å². The van der Waals surface area contributed by atoms with E-state index in [1.165, 1.54) is 16.5 Å². The monoisotopic (exact) mass is 501 g/mol. The summed E-state index contributed by atoms with van der Waals surface area (Å²) in [5.74, 6) is 0. The molecule has 0 bridgehead atoms. The number of nitrogens with zero attached hydrogens (tertiary/aromatic N) is 4. The Morgan fingerprint density at radius 1 is 0.487 bits per heavy atom. The highest BCUT2D eigenvalue weighted by Gasteiger charge is 2.25. The Balaban J connectivity index is 1.20. The van der Waals surface area contributed by atoms with E-state index >= 15 is 0 Å². The SMILES string of the molecule is c1ccc(-c2cc(C3=NN=[N+](c4cccc(-c5cc6ccccc6cn5)c4)C3)cc(-c3ccccc3)c2)cc1. The van der Waals surface area contributed by atoms with Gasteiger partial charge in [-0.3, -0.25) is 4.98 Å². The summed E-state index contributed by atoms with van der Waals surface area (Å²) >= 11 is 0. The van der Waals surface area contributed by atoms with E-state index in [4.69, 9.17) is 4.98 Å². The van der Waals surface area contributed by atoms with Crippen molar-refractivity contribution in [3.05, 3.63) is 145 Å². The van der Waals surface area contributed by atoms with E-state index in [1.807, 2.05) is 29.1 Å². The molecule has 1 aliphatic heterocycles. The maximum atomic E-state index is 4.71. The molecule has 1 aliphatic rings. The third kappa shape index (κ3) is 4.64. The quantitative estimate of drug-likeness (QED) is 0.218. The molecule has 1 aromatic heterocycles. The van der Waals surface area contributed by atoms with Gasteiger partial charge in [0.05, 0.1) is 10.8 Å². The molecule has 0 saturated heterocycles. The molecule has 7 rings (SSSR count). The van der Waals surface area contributed by atoms with Crippen LogP contribution >= 0.6 is 0 Å². The van der Waals surface area contributed by atoms with Crippen molar-refractivity contribution in [1.82, 2.24) is 4.98 Å². The Kier molecular flexibility index (Phi) is 5.83. The second-order valence-electron chi connectivity index (χ2n) is 9.69. The van der Waals surface area contributed by atoms with Crippen LogP contribution in [0.1, 0.15) is 5.56 Å². The summed E-state index contributed by atoms with van der Waals surface area (Å²) in [5.41, 5.74) is 9.70. The molecule has 5 aromatic carbocycles. The zero-order valence-corrected chi connectivity index (χ0v) is 21.3. The van der Waals surface area contributed by atoms with Crippen LogP contribution in [-0.2, 0) is 0 Å². The maximum absolute atomic E-state index is 4.71. The van der Waals surface area contributed by atoms with E-state index in [2.05, 4.69) is 126 Å². The minimum Gasteiger partial charge on any atom is -0.256 e. The Morgan fingerprint density at radius 3 is 1.82 bits per heavy atom. The molecule has 4 heteroatoms. The summed E-state index contributed by atoms with van der Waals surface area (Å²) in [5, 5.41) is 11.5. The summed E-state index contributed by atoms with van der Waals surface area (Å²) in [7, 11) is 0. The molecule has 0 fully saturated rings. The first-order chi connectivity index (χ1) is 19.3. The lowest BCUT2D eigenvalue weighted by Gasteiger charge is -2.09. The van der Waals surface area contributed by atoms with Gasteiger partial charge in [-0.25, -0.2) is 0 Å². The first-order valence-corrected chi connectivity index (χ1v) is 13.1. The molecule has 2 heterocycles. The highest BCUT2D eigenvalue weighted by molar-refractivity contribution is 6.03. The van der Waals surface area contributed by atoms with Gasteiger partial charge in [0.15, 0.2) is 12.2 Å². The van der Waals surface area contributed by atoms with Crippen molar-refractivity contribution in [3.63, 3.8) is 0 Å². The van der Waals surface area contributed by atoms with Crippen LogP contribution in [0, 0.1) is 0 Å². The molecular formula is C35H25N4+. The van der Waals surface area contributed by atoms with E-state index in [9.17, 15) is 0 Å². The summed E-state index contributed by atoms with van der Waals surface area (Å²) in [6, 6.07) is 46.4. The minimum absolute atomic E-state index is 0.598. The number of fused-ring (bicyclic) bond motifs is 1. The van der Waals surface area contributed by atoms with Gasteiger partial charge in [0.25, 0.3) is 0 Å². The maximum Gasteiger partial charge on any atom is 0.231 e. The molecule has 0 N–H and O–H groups in total. The third-order valence-corrected chi connectivity index (χ3v) is 7.12. The van der Waals surface area contributed by atoms with Crippen molar-refractivity contribution >= 4 is 22.2 Å². The Bertz CT molecular complexity index is 1810. The average Bonchev–Trinajstić information content (AvgIpc) is 3.52. The fourth-order valence-electron chi connectivity index (χ4n) is 5.06. The van der Waals surface area contributed by atoms with Gasteiger partial charge in [-0.2, -0.15) is 0 Å². The number of hydrogen-bond donors (Lipinski definition) is 0. The number of hydrogen-bond acceptors (Lipinski definition) is 3. The van der Waals surface area contributed by atoms with E-state index in [-0.39, 0.29) is 0 Å². The van der Waals surface area contributed by atoms with Crippen molar-refractivity contribution in [2.45, 2.75) is 0 Å². The van der Waals surface area contributed by atoms with Crippen molar-refractivity contribution < 1.29 is 4.70 Å². The fourth-order valence-corrected chi connectivity index (χ4v) is 5.06. The molecular weight excluding hydrogens is 476 g/mol. The van der Waals surface area contributed by atoms with Crippen LogP contribution in [0.5, 0.6) is 0 Å². The predicted molar refractivity (Wildman–Crippen MR) is 158 cm³/mol. The Hall–Kier alpha value is -5.22. The minimum atomic E-state index is 0.598. The number of pyridine rings is 1. The van der Waals surface area contributed by atoms with E-state index in [0.717, 1.165) is 44.7 Å². The number of rotatable bonds is 5. The lowest BCUT2D eigenvalue weighted by molar-refractivity contribution is -0.492. The van der Waals surface area contributed by atoms with Crippen molar-refractivity contribution in [1.29, 1.82) is 0 Å². The summed E-state index contributed by atoms with van der Waals surface area (Å²) in [6.45, 7) is 0.598. The Labute approximate surface area is 227 Å². The van der Waals surface area contributed by atoms with Crippen molar-refractivity contribution in [2.75, 3.05) is 6.54 Å². The first-order valence-electron chi connectivity index (χ1n) is 13.1. The molecule has 39 heavy (non-hydrogen) atoms. The molecule has 0 spiro atoms. The fraction of sp³-hybridized carbons (Fsp3) is 0.0286. The molecule has 4 nitrogen and oxygen atoms in total. The second kappa shape index (κ2) is 9.92. The molecule has 184 valence electrons. The topological polar surface area (TPSA) is 40.6 Å². The van der Waals surface area contributed by atoms with Crippen molar-refractivity contribution in [3.8, 4) is 33.5 Å². The number of benzene rings is 5. The van der Waals surface area contributed by atoms with Gasteiger partial charge >= 0.3 is 0 Å². The summed E-state index contributed by atoms with van der Waals surface area (Å²) in [4.78, 5) is 4.71. The second-order valence-corrected chi connectivity index (χ2v) is 9.69. The normalized spacial score (nSPS) is 12.8. The van der Waals surface area contributed by atoms with Gasteiger partial charge < -0.3 is 0 Å². The molecule has 6 aromatic rings. The standard InChI is InChI=1S/C35H25N4/c1-3-10-25(11-4-1)30-18-31(26-12-5-2-6-13-26)20-32(19-30)35-24-39(38-37-35)33-17-9-16-28(21-33)34-22-27-14-7-8-15-29(27)23-36-34/h1-23H,24H2/q+1. The van der Waals surface area contributed by atoms with Crippen LogP contribution < -0.4 is 0 Å². The van der Waals surface area contributed by atoms with Gasteiger partial charge in [-0.05, 0) is 64.0 Å². The summed E-state index contributed by atoms with van der Waals surface area (Å²) in [6.07, 6.45) is 1.93. The lowest BCUT2D eigenvalue weighted by Crippen LogP contribution is -2.12. The summed E-state index contributed by atoms with van der Waals surface area (Å²) < 4.78 is 1.96. The van der Waals surface area contributed by atoms with E-state index in [1.54, 1.807) is 0 Å². The zero-order valence-electron chi connectivity index (χ0n) is 21.3. The van der Waals surface area contributed by atoms with Crippen LogP contribution in [0.4, 0.5) is 5.69 Å². The van der Waals surface area contributed by atoms with Crippen LogP contribution in [0.15, 0.2) is 150 Å². The average molecular weight is 502 g/mol. The molecule has 0 unspecified atom stereocenters. The van der Waals surface area contributed by atoms with Crippen LogP contribution in [-0.4, -0.2) is 21.9 Å². The van der Waals surface area contributed by atoms with Gasteiger partial charge in [0, 0.05) is 22.7 Å². The van der Waals surface area contributed by atoms with E-state index in [0.29, 0.717) is 6.54 Å².